The Morgan fingerprint density at radius 1 is 1.27 bits per heavy atom. The molecule has 3 rings (SSSR count). The highest BCUT2D eigenvalue weighted by Crippen LogP contribution is 2.39. The zero-order chi connectivity index (χ0) is 17.6. The van der Waals surface area contributed by atoms with Gasteiger partial charge in [-0.05, 0) is 60.9 Å². The number of nitrogens with two attached hydrogens (primary N) is 1. The molecule has 1 fully saturated rings. The van der Waals surface area contributed by atoms with Gasteiger partial charge in [0.25, 0.3) is 0 Å². The van der Waals surface area contributed by atoms with Gasteiger partial charge in [0.15, 0.2) is 5.82 Å². The van der Waals surface area contributed by atoms with Crippen LogP contribution in [0.5, 0.6) is 0 Å². The van der Waals surface area contributed by atoms with Crippen molar-refractivity contribution >= 4 is 35.6 Å². The van der Waals surface area contributed by atoms with Crippen molar-refractivity contribution < 1.29 is 4.79 Å². The van der Waals surface area contributed by atoms with Crippen LogP contribution in [0.1, 0.15) is 56.7 Å². The second-order valence-corrected chi connectivity index (χ2v) is 6.80. The average molecular weight is 399 g/mol. The first-order chi connectivity index (χ1) is 12.2. The summed E-state index contributed by atoms with van der Waals surface area (Å²) in [4.78, 5) is 12.1. The van der Waals surface area contributed by atoms with Gasteiger partial charge in [-0.15, -0.1) is 17.5 Å². The fourth-order valence-corrected chi connectivity index (χ4v) is 2.92. The summed E-state index contributed by atoms with van der Waals surface area (Å²) in [5, 5.41) is 15.4. The van der Waals surface area contributed by atoms with Crippen molar-refractivity contribution in [3.05, 3.63) is 29.0 Å². The Kier molecular flexibility index (Phi) is 7.81. The van der Waals surface area contributed by atoms with E-state index < -0.39 is 0 Å². The smallest absolute Gasteiger partial charge is 0.224 e. The van der Waals surface area contributed by atoms with Gasteiger partial charge >= 0.3 is 0 Å². The number of unbranched alkanes of at least 4 members (excludes halogenated alkanes) is 3. The Hall–Kier alpha value is -1.70. The first kappa shape index (κ1) is 20.6. The summed E-state index contributed by atoms with van der Waals surface area (Å²) in [6.45, 7) is 0.708. The SMILES string of the molecule is Cl.NCCCCCCC(=O)Nc1ccc(Cl)c(-n2nnnc2C2CC2)c1. The third kappa shape index (κ3) is 5.40. The molecule has 26 heavy (non-hydrogen) atoms. The van der Waals surface area contributed by atoms with Crippen LogP contribution < -0.4 is 11.1 Å². The van der Waals surface area contributed by atoms with E-state index in [9.17, 15) is 4.79 Å². The number of carbonyl (C=O) groups is 1. The van der Waals surface area contributed by atoms with Crippen LogP contribution in [0.15, 0.2) is 18.2 Å². The molecule has 0 radical (unpaired) electrons. The lowest BCUT2D eigenvalue weighted by Gasteiger charge is -2.10. The number of halogens is 2. The number of hydrogen-bond acceptors (Lipinski definition) is 5. The van der Waals surface area contributed by atoms with Gasteiger partial charge in [-0.2, -0.15) is 4.68 Å². The van der Waals surface area contributed by atoms with E-state index in [2.05, 4.69) is 20.8 Å². The summed E-state index contributed by atoms with van der Waals surface area (Å²) in [6, 6.07) is 5.36. The number of carbonyl (C=O) groups excluding carboxylic acids is 1. The molecule has 0 unspecified atom stereocenters. The molecule has 0 spiro atoms. The van der Waals surface area contributed by atoms with Crippen LogP contribution >= 0.6 is 24.0 Å². The largest absolute Gasteiger partial charge is 0.330 e. The van der Waals surface area contributed by atoms with Crippen molar-refractivity contribution in [1.29, 1.82) is 0 Å². The van der Waals surface area contributed by atoms with Gasteiger partial charge < -0.3 is 11.1 Å². The Morgan fingerprint density at radius 3 is 2.77 bits per heavy atom. The summed E-state index contributed by atoms with van der Waals surface area (Å²) in [5.41, 5.74) is 6.85. The quantitative estimate of drug-likeness (QED) is 0.629. The third-order valence-electron chi connectivity index (χ3n) is 4.25. The molecule has 1 aliphatic rings. The van der Waals surface area contributed by atoms with Gasteiger partial charge in [0.1, 0.15) is 0 Å². The van der Waals surface area contributed by atoms with Crippen LogP contribution in [0.3, 0.4) is 0 Å². The lowest BCUT2D eigenvalue weighted by atomic mass is 10.1. The topological polar surface area (TPSA) is 98.7 Å². The van der Waals surface area contributed by atoms with Crippen LogP contribution in [0.25, 0.3) is 5.69 Å². The number of anilines is 1. The lowest BCUT2D eigenvalue weighted by molar-refractivity contribution is -0.116. The maximum absolute atomic E-state index is 12.1. The number of aromatic nitrogens is 4. The number of nitrogens with one attached hydrogen (secondary N) is 1. The van der Waals surface area contributed by atoms with Gasteiger partial charge in [0.2, 0.25) is 5.91 Å². The van der Waals surface area contributed by atoms with E-state index in [0.717, 1.165) is 44.3 Å². The zero-order valence-corrected chi connectivity index (χ0v) is 16.1. The monoisotopic (exact) mass is 398 g/mol. The predicted octanol–water partition coefficient (Wildman–Crippen LogP) is 3.46. The Morgan fingerprint density at radius 2 is 2.04 bits per heavy atom. The number of hydrogen-bond donors (Lipinski definition) is 2. The Bertz CT molecular complexity index is 732. The van der Waals surface area contributed by atoms with E-state index in [1.165, 1.54) is 0 Å². The molecule has 1 heterocycles. The van der Waals surface area contributed by atoms with Gasteiger partial charge in [-0.1, -0.05) is 24.4 Å². The van der Waals surface area contributed by atoms with Crippen LogP contribution in [0, 0.1) is 0 Å². The summed E-state index contributed by atoms with van der Waals surface area (Å²) in [6.07, 6.45) is 6.66. The number of amides is 1. The normalized spacial score (nSPS) is 13.3. The molecule has 0 bridgehead atoms. The molecule has 1 aliphatic carbocycles. The minimum atomic E-state index is 0. The fourth-order valence-electron chi connectivity index (χ4n) is 2.72. The summed E-state index contributed by atoms with van der Waals surface area (Å²) in [7, 11) is 0. The van der Waals surface area contributed by atoms with E-state index in [1.54, 1.807) is 16.8 Å². The summed E-state index contributed by atoms with van der Waals surface area (Å²) >= 11 is 6.31. The number of rotatable bonds is 9. The van der Waals surface area contributed by atoms with Gasteiger partial charge in [0.05, 0.1) is 10.7 Å². The molecule has 9 heteroatoms. The molecular weight excluding hydrogens is 375 g/mol. The highest BCUT2D eigenvalue weighted by molar-refractivity contribution is 6.32. The first-order valence-corrected chi connectivity index (χ1v) is 9.15. The van der Waals surface area contributed by atoms with E-state index in [-0.39, 0.29) is 18.3 Å². The molecule has 0 atom stereocenters. The maximum atomic E-state index is 12.1. The minimum Gasteiger partial charge on any atom is -0.330 e. The van der Waals surface area contributed by atoms with Crippen LogP contribution in [-0.2, 0) is 4.79 Å². The second kappa shape index (κ2) is 9.85. The van der Waals surface area contributed by atoms with E-state index in [4.69, 9.17) is 17.3 Å². The molecule has 3 N–H and O–H groups in total. The maximum Gasteiger partial charge on any atom is 0.224 e. The van der Waals surface area contributed by atoms with Gasteiger partial charge in [-0.25, -0.2) is 0 Å². The molecule has 1 saturated carbocycles. The number of benzene rings is 1. The minimum absolute atomic E-state index is 0. The van der Waals surface area contributed by atoms with Crippen molar-refractivity contribution in [2.75, 3.05) is 11.9 Å². The van der Waals surface area contributed by atoms with Crippen molar-refractivity contribution in [3.63, 3.8) is 0 Å². The van der Waals surface area contributed by atoms with Crippen LogP contribution in [-0.4, -0.2) is 32.7 Å². The predicted molar refractivity (Wildman–Crippen MR) is 104 cm³/mol. The fraction of sp³-hybridized carbons (Fsp3) is 0.529. The third-order valence-corrected chi connectivity index (χ3v) is 4.57. The van der Waals surface area contributed by atoms with Gasteiger partial charge in [-0.3, -0.25) is 4.79 Å². The number of nitrogens with zero attached hydrogens (tertiary/aromatic N) is 4. The summed E-state index contributed by atoms with van der Waals surface area (Å²) < 4.78 is 1.67. The summed E-state index contributed by atoms with van der Waals surface area (Å²) in [5.74, 6) is 1.23. The van der Waals surface area contributed by atoms with Gasteiger partial charge in [0, 0.05) is 18.0 Å². The zero-order valence-electron chi connectivity index (χ0n) is 14.5. The van der Waals surface area contributed by atoms with Crippen LogP contribution in [0.2, 0.25) is 5.02 Å². The van der Waals surface area contributed by atoms with E-state index >= 15 is 0 Å². The molecule has 7 nitrogen and oxygen atoms in total. The average Bonchev–Trinajstić information content (AvgIpc) is 3.33. The molecule has 1 aromatic heterocycles. The molecule has 2 aromatic rings. The van der Waals surface area contributed by atoms with E-state index in [1.807, 2.05) is 6.07 Å². The standard InChI is InChI=1S/C17H23ClN6O.ClH/c18-14-9-8-13(20-16(25)5-3-1-2-4-10-19)11-15(14)24-17(12-6-7-12)21-22-23-24;/h8-9,11-12H,1-7,10,19H2,(H,20,25);1H. The van der Waals surface area contributed by atoms with Crippen molar-refractivity contribution in [1.82, 2.24) is 20.2 Å². The number of tetrazole rings is 1. The molecule has 1 amide bonds. The highest BCUT2D eigenvalue weighted by Gasteiger charge is 2.30. The molecule has 0 aliphatic heterocycles. The Balaban J connectivity index is 0.00000243. The second-order valence-electron chi connectivity index (χ2n) is 6.39. The van der Waals surface area contributed by atoms with E-state index in [0.29, 0.717) is 35.3 Å². The first-order valence-electron chi connectivity index (χ1n) is 8.77. The molecule has 0 saturated heterocycles. The molecule has 1 aromatic carbocycles. The van der Waals surface area contributed by atoms with Crippen molar-refractivity contribution in [2.24, 2.45) is 5.73 Å². The van der Waals surface area contributed by atoms with Crippen LogP contribution in [0.4, 0.5) is 5.69 Å². The molecular formula is C17H24Cl2N6O. The Labute approximate surface area is 164 Å². The molecule has 142 valence electrons. The van der Waals surface area contributed by atoms with Crippen molar-refractivity contribution in [2.45, 2.75) is 50.9 Å². The highest BCUT2D eigenvalue weighted by atomic mass is 35.5. The lowest BCUT2D eigenvalue weighted by Crippen LogP contribution is -2.12. The van der Waals surface area contributed by atoms with Crippen molar-refractivity contribution in [3.8, 4) is 5.69 Å².